The van der Waals surface area contributed by atoms with E-state index < -0.39 is 0 Å². The van der Waals surface area contributed by atoms with E-state index in [1.165, 1.54) is 17.5 Å². The lowest BCUT2D eigenvalue weighted by molar-refractivity contribution is 0.706. The Kier molecular flexibility index (Phi) is 2.78. The van der Waals surface area contributed by atoms with Crippen molar-refractivity contribution in [3.05, 3.63) is 66.0 Å². The summed E-state index contributed by atoms with van der Waals surface area (Å²) in [7, 11) is 0. The topological polar surface area (TPSA) is 17.8 Å². The molecule has 1 fully saturated rings. The molecular formula is C17H15ClN2. The highest BCUT2D eigenvalue weighted by molar-refractivity contribution is 6.16. The van der Waals surface area contributed by atoms with Crippen LogP contribution in [0.15, 0.2) is 54.6 Å². The van der Waals surface area contributed by atoms with Crippen molar-refractivity contribution in [1.29, 1.82) is 0 Å². The summed E-state index contributed by atoms with van der Waals surface area (Å²) >= 11 is 6.09. The number of rotatable bonds is 3. The molecule has 1 aromatic heterocycles. The summed E-state index contributed by atoms with van der Waals surface area (Å²) in [6.45, 7) is 0. The van der Waals surface area contributed by atoms with Crippen LogP contribution in [0.3, 0.4) is 0 Å². The zero-order valence-electron chi connectivity index (χ0n) is 11.0. The number of imidazole rings is 1. The van der Waals surface area contributed by atoms with Crippen LogP contribution in [0, 0.1) is 0 Å². The number of benzene rings is 2. The molecule has 0 aliphatic heterocycles. The molecule has 2 unspecified atom stereocenters. The third kappa shape index (κ3) is 1.83. The fourth-order valence-electron chi connectivity index (χ4n) is 3.08. The number of nitrogens with zero attached hydrogens (tertiary/aromatic N) is 2. The summed E-state index contributed by atoms with van der Waals surface area (Å²) in [6.07, 6.45) is 1.17. The van der Waals surface area contributed by atoms with Crippen molar-refractivity contribution >= 4 is 22.6 Å². The smallest absolute Gasteiger partial charge is 0.125 e. The second-order valence-corrected chi connectivity index (χ2v) is 5.61. The molecule has 0 saturated heterocycles. The van der Waals surface area contributed by atoms with E-state index in [-0.39, 0.29) is 0 Å². The summed E-state index contributed by atoms with van der Waals surface area (Å²) in [5.74, 6) is 2.04. The van der Waals surface area contributed by atoms with Gasteiger partial charge in [-0.15, -0.1) is 11.6 Å². The van der Waals surface area contributed by atoms with Gasteiger partial charge in [0, 0.05) is 12.0 Å². The molecule has 0 N–H and O–H groups in total. The maximum Gasteiger partial charge on any atom is 0.125 e. The van der Waals surface area contributed by atoms with Gasteiger partial charge in [0.1, 0.15) is 5.82 Å². The molecule has 3 aromatic rings. The van der Waals surface area contributed by atoms with Gasteiger partial charge in [-0.1, -0.05) is 42.5 Å². The maximum absolute atomic E-state index is 6.09. The average Bonchev–Trinajstić information content (AvgIpc) is 3.21. The van der Waals surface area contributed by atoms with E-state index in [1.807, 2.05) is 6.07 Å². The summed E-state index contributed by atoms with van der Waals surface area (Å²) in [6, 6.07) is 19.5. The van der Waals surface area contributed by atoms with E-state index in [0.29, 0.717) is 17.8 Å². The number of alkyl halides is 1. The van der Waals surface area contributed by atoms with Crippen LogP contribution in [0.4, 0.5) is 0 Å². The standard InChI is InChI=1S/C17H15ClN2/c18-11-17-19-14-8-4-5-9-15(14)20(17)16-10-13(16)12-6-2-1-3-7-12/h1-9,13,16H,10-11H2. The minimum absolute atomic E-state index is 0.465. The minimum Gasteiger partial charge on any atom is -0.323 e. The van der Waals surface area contributed by atoms with E-state index in [1.54, 1.807) is 0 Å². The Hall–Kier alpha value is -1.80. The summed E-state index contributed by atoms with van der Waals surface area (Å²) in [5.41, 5.74) is 3.66. The molecule has 2 nitrogen and oxygen atoms in total. The fourth-order valence-corrected chi connectivity index (χ4v) is 3.27. The van der Waals surface area contributed by atoms with Gasteiger partial charge >= 0.3 is 0 Å². The highest BCUT2D eigenvalue weighted by atomic mass is 35.5. The Balaban J connectivity index is 1.77. The molecule has 2 atom stereocenters. The van der Waals surface area contributed by atoms with Crippen molar-refractivity contribution in [2.45, 2.75) is 24.3 Å². The van der Waals surface area contributed by atoms with Crippen molar-refractivity contribution in [2.24, 2.45) is 0 Å². The van der Waals surface area contributed by atoms with E-state index in [9.17, 15) is 0 Å². The molecule has 3 heteroatoms. The van der Waals surface area contributed by atoms with Gasteiger partial charge < -0.3 is 4.57 Å². The van der Waals surface area contributed by atoms with Gasteiger partial charge in [0.2, 0.25) is 0 Å². The van der Waals surface area contributed by atoms with Gasteiger partial charge in [0.15, 0.2) is 0 Å². The molecule has 1 aliphatic rings. The van der Waals surface area contributed by atoms with E-state index in [4.69, 9.17) is 11.6 Å². The van der Waals surface area contributed by atoms with Gasteiger partial charge in [-0.2, -0.15) is 0 Å². The minimum atomic E-state index is 0.465. The molecule has 100 valence electrons. The van der Waals surface area contributed by atoms with Crippen molar-refractivity contribution in [1.82, 2.24) is 9.55 Å². The molecule has 0 spiro atoms. The predicted molar refractivity (Wildman–Crippen MR) is 82.1 cm³/mol. The SMILES string of the molecule is ClCc1nc2ccccc2n1C1CC1c1ccccc1. The van der Waals surface area contributed by atoms with E-state index >= 15 is 0 Å². The number of hydrogen-bond donors (Lipinski definition) is 0. The molecule has 1 aliphatic carbocycles. The van der Waals surface area contributed by atoms with Crippen LogP contribution in [0.2, 0.25) is 0 Å². The Bertz CT molecular complexity index is 748. The molecule has 2 aromatic carbocycles. The van der Waals surface area contributed by atoms with Gasteiger partial charge in [-0.05, 0) is 24.1 Å². The Morgan fingerprint density at radius 1 is 1.05 bits per heavy atom. The average molecular weight is 283 g/mol. The summed E-state index contributed by atoms with van der Waals surface area (Å²) in [5, 5.41) is 0. The highest BCUT2D eigenvalue weighted by Gasteiger charge is 2.41. The largest absolute Gasteiger partial charge is 0.323 e. The molecule has 4 rings (SSSR count). The molecule has 0 amide bonds. The first-order chi connectivity index (χ1) is 9.88. The number of aromatic nitrogens is 2. The number of para-hydroxylation sites is 2. The quantitative estimate of drug-likeness (QED) is 0.647. The third-order valence-electron chi connectivity index (χ3n) is 4.10. The first-order valence-electron chi connectivity index (χ1n) is 6.95. The van der Waals surface area contributed by atoms with Crippen LogP contribution in [0.25, 0.3) is 11.0 Å². The van der Waals surface area contributed by atoms with Crippen LogP contribution < -0.4 is 0 Å². The maximum atomic E-state index is 6.09. The number of halogens is 1. The monoisotopic (exact) mass is 282 g/mol. The first kappa shape index (κ1) is 12.0. The lowest BCUT2D eigenvalue weighted by Gasteiger charge is -2.07. The van der Waals surface area contributed by atoms with Gasteiger partial charge in [0.05, 0.1) is 16.9 Å². The van der Waals surface area contributed by atoms with Crippen molar-refractivity contribution in [2.75, 3.05) is 0 Å². The van der Waals surface area contributed by atoms with Gasteiger partial charge in [0.25, 0.3) is 0 Å². The lowest BCUT2D eigenvalue weighted by Crippen LogP contribution is -2.01. The number of fused-ring (bicyclic) bond motifs is 1. The zero-order chi connectivity index (χ0) is 13.5. The van der Waals surface area contributed by atoms with Crippen LogP contribution in [-0.2, 0) is 5.88 Å². The lowest BCUT2D eigenvalue weighted by atomic mass is 10.1. The Morgan fingerprint density at radius 2 is 1.80 bits per heavy atom. The first-order valence-corrected chi connectivity index (χ1v) is 7.48. The molecule has 1 saturated carbocycles. The molecule has 0 bridgehead atoms. The van der Waals surface area contributed by atoms with E-state index in [2.05, 4.69) is 58.1 Å². The van der Waals surface area contributed by atoms with E-state index in [0.717, 1.165) is 11.3 Å². The van der Waals surface area contributed by atoms with Gasteiger partial charge in [-0.3, -0.25) is 0 Å². The van der Waals surface area contributed by atoms with Crippen LogP contribution in [0.1, 0.15) is 29.8 Å². The summed E-state index contributed by atoms with van der Waals surface area (Å²) < 4.78 is 2.33. The van der Waals surface area contributed by atoms with Crippen LogP contribution in [-0.4, -0.2) is 9.55 Å². The van der Waals surface area contributed by atoms with Crippen molar-refractivity contribution in [3.8, 4) is 0 Å². The van der Waals surface area contributed by atoms with Crippen LogP contribution in [0.5, 0.6) is 0 Å². The number of hydrogen-bond acceptors (Lipinski definition) is 1. The predicted octanol–water partition coefficient (Wildman–Crippen LogP) is 4.50. The molecule has 1 heterocycles. The second kappa shape index (κ2) is 4.64. The Labute approximate surface area is 123 Å². The van der Waals surface area contributed by atoms with Crippen molar-refractivity contribution < 1.29 is 0 Å². The van der Waals surface area contributed by atoms with Gasteiger partial charge in [-0.25, -0.2) is 4.98 Å². The second-order valence-electron chi connectivity index (χ2n) is 5.34. The highest BCUT2D eigenvalue weighted by Crippen LogP contribution is 2.52. The molecule has 0 radical (unpaired) electrons. The third-order valence-corrected chi connectivity index (χ3v) is 4.34. The van der Waals surface area contributed by atoms with Crippen LogP contribution >= 0.6 is 11.6 Å². The molecule has 20 heavy (non-hydrogen) atoms. The zero-order valence-corrected chi connectivity index (χ0v) is 11.8. The summed E-state index contributed by atoms with van der Waals surface area (Å²) in [4.78, 5) is 4.65. The van der Waals surface area contributed by atoms with Crippen molar-refractivity contribution in [3.63, 3.8) is 0 Å². The normalized spacial score (nSPS) is 21.2. The Morgan fingerprint density at radius 3 is 2.60 bits per heavy atom. The molecular weight excluding hydrogens is 268 g/mol. The fraction of sp³-hybridized carbons (Fsp3) is 0.235.